The van der Waals surface area contributed by atoms with Crippen molar-refractivity contribution in [2.75, 3.05) is 0 Å². The second-order valence-corrected chi connectivity index (χ2v) is 5.87. The summed E-state index contributed by atoms with van der Waals surface area (Å²) in [6, 6.07) is 15.0. The molecule has 0 N–H and O–H groups in total. The number of esters is 1. The van der Waals surface area contributed by atoms with Gasteiger partial charge in [0.15, 0.2) is 0 Å². The zero-order valence-corrected chi connectivity index (χ0v) is 13.1. The summed E-state index contributed by atoms with van der Waals surface area (Å²) in [6.45, 7) is 0.289. The van der Waals surface area contributed by atoms with E-state index in [1.807, 2.05) is 42.5 Å². The van der Waals surface area contributed by atoms with E-state index in [1.165, 1.54) is 0 Å². The molecular weight excluding hydrogens is 407 g/mol. The molecule has 4 heteroatoms. The number of rotatable bonds is 3. The molecular formula is C14H10BrIO2. The highest BCUT2D eigenvalue weighted by molar-refractivity contribution is 14.1. The lowest BCUT2D eigenvalue weighted by molar-refractivity contribution is 0.0472. The third kappa shape index (κ3) is 3.81. The zero-order chi connectivity index (χ0) is 13.0. The molecule has 2 aromatic carbocycles. The summed E-state index contributed by atoms with van der Waals surface area (Å²) in [5.41, 5.74) is 1.55. The number of ether oxygens (including phenoxy) is 1. The predicted molar refractivity (Wildman–Crippen MR) is 82.4 cm³/mol. The van der Waals surface area contributed by atoms with E-state index < -0.39 is 0 Å². The Labute approximate surface area is 128 Å². The van der Waals surface area contributed by atoms with E-state index >= 15 is 0 Å². The number of hydrogen-bond donors (Lipinski definition) is 0. The average Bonchev–Trinajstić information content (AvgIpc) is 2.38. The van der Waals surface area contributed by atoms with Gasteiger partial charge in [-0.15, -0.1) is 0 Å². The molecule has 0 fully saturated rings. The molecule has 92 valence electrons. The second kappa shape index (κ2) is 6.33. The Morgan fingerprint density at radius 1 is 1.17 bits per heavy atom. The van der Waals surface area contributed by atoms with Gasteiger partial charge in [-0.05, 0) is 58.5 Å². The van der Waals surface area contributed by atoms with E-state index in [1.54, 1.807) is 6.07 Å². The molecule has 0 saturated carbocycles. The molecule has 0 aromatic heterocycles. The molecule has 0 bridgehead atoms. The first-order chi connectivity index (χ1) is 8.65. The summed E-state index contributed by atoms with van der Waals surface area (Å²) >= 11 is 5.53. The maximum absolute atomic E-state index is 11.8. The van der Waals surface area contributed by atoms with Crippen LogP contribution in [0.25, 0.3) is 0 Å². The van der Waals surface area contributed by atoms with Gasteiger partial charge < -0.3 is 4.74 Å². The molecule has 0 amide bonds. The Kier molecular flexibility index (Phi) is 4.77. The van der Waals surface area contributed by atoms with Gasteiger partial charge in [0.25, 0.3) is 0 Å². The molecule has 0 atom stereocenters. The molecule has 2 nitrogen and oxygen atoms in total. The van der Waals surface area contributed by atoms with Crippen molar-refractivity contribution in [1.82, 2.24) is 0 Å². The van der Waals surface area contributed by atoms with Crippen LogP contribution in [-0.2, 0) is 11.3 Å². The Bertz CT molecular complexity index is 552. The van der Waals surface area contributed by atoms with Crippen molar-refractivity contribution in [1.29, 1.82) is 0 Å². The fourth-order valence-corrected chi connectivity index (χ4v) is 2.24. The van der Waals surface area contributed by atoms with Crippen LogP contribution in [0.15, 0.2) is 53.0 Å². The molecule has 2 rings (SSSR count). The smallest absolute Gasteiger partial charge is 0.338 e. The highest BCUT2D eigenvalue weighted by Gasteiger charge is 2.07. The first-order valence-corrected chi connectivity index (χ1v) is 7.19. The van der Waals surface area contributed by atoms with Gasteiger partial charge in [-0.1, -0.05) is 34.1 Å². The van der Waals surface area contributed by atoms with E-state index in [2.05, 4.69) is 38.5 Å². The summed E-state index contributed by atoms with van der Waals surface area (Å²) in [5, 5.41) is 0. The van der Waals surface area contributed by atoms with Crippen molar-refractivity contribution in [3.63, 3.8) is 0 Å². The monoisotopic (exact) mass is 416 g/mol. The van der Waals surface area contributed by atoms with Gasteiger partial charge in [-0.3, -0.25) is 0 Å². The highest BCUT2D eigenvalue weighted by Crippen LogP contribution is 2.13. The normalized spacial score (nSPS) is 10.1. The molecule has 0 heterocycles. The summed E-state index contributed by atoms with van der Waals surface area (Å²) in [4.78, 5) is 11.8. The molecule has 2 aromatic rings. The minimum absolute atomic E-state index is 0.289. The minimum atomic E-state index is -0.295. The third-order valence-electron chi connectivity index (χ3n) is 2.34. The fourth-order valence-electron chi connectivity index (χ4n) is 1.43. The maximum Gasteiger partial charge on any atom is 0.338 e. The van der Waals surface area contributed by atoms with Crippen LogP contribution < -0.4 is 0 Å². The van der Waals surface area contributed by atoms with Crippen LogP contribution in [-0.4, -0.2) is 5.97 Å². The lowest BCUT2D eigenvalue weighted by Crippen LogP contribution is -2.05. The van der Waals surface area contributed by atoms with Crippen molar-refractivity contribution in [2.24, 2.45) is 0 Å². The molecule has 0 unspecified atom stereocenters. The Morgan fingerprint density at radius 2 is 1.89 bits per heavy atom. The van der Waals surface area contributed by atoms with Gasteiger partial charge >= 0.3 is 5.97 Å². The van der Waals surface area contributed by atoms with Gasteiger partial charge in [-0.25, -0.2) is 4.79 Å². The van der Waals surface area contributed by atoms with E-state index in [9.17, 15) is 4.79 Å². The van der Waals surface area contributed by atoms with Gasteiger partial charge in [0.05, 0.1) is 5.56 Å². The van der Waals surface area contributed by atoms with Crippen LogP contribution in [0.3, 0.4) is 0 Å². The molecule has 0 saturated heterocycles. The third-order valence-corrected chi connectivity index (χ3v) is 3.54. The SMILES string of the molecule is O=C(OCc1ccc(Br)cc1)c1cccc(I)c1. The van der Waals surface area contributed by atoms with Crippen molar-refractivity contribution >= 4 is 44.5 Å². The van der Waals surface area contributed by atoms with E-state index in [0.29, 0.717) is 5.56 Å². The van der Waals surface area contributed by atoms with Gasteiger partial charge in [-0.2, -0.15) is 0 Å². The van der Waals surface area contributed by atoms with Crippen molar-refractivity contribution in [2.45, 2.75) is 6.61 Å². The lowest BCUT2D eigenvalue weighted by Gasteiger charge is -2.05. The van der Waals surface area contributed by atoms with Crippen LogP contribution >= 0.6 is 38.5 Å². The largest absolute Gasteiger partial charge is 0.457 e. The van der Waals surface area contributed by atoms with Crippen LogP contribution in [0.2, 0.25) is 0 Å². The molecule has 0 radical (unpaired) electrons. The van der Waals surface area contributed by atoms with Crippen LogP contribution in [0.5, 0.6) is 0 Å². The highest BCUT2D eigenvalue weighted by atomic mass is 127. The average molecular weight is 417 g/mol. The number of halogens is 2. The molecule has 0 spiro atoms. The van der Waals surface area contributed by atoms with Crippen LogP contribution in [0.1, 0.15) is 15.9 Å². The summed E-state index contributed by atoms with van der Waals surface area (Å²) in [7, 11) is 0. The topological polar surface area (TPSA) is 26.3 Å². The van der Waals surface area contributed by atoms with Crippen molar-refractivity contribution in [3.8, 4) is 0 Å². The van der Waals surface area contributed by atoms with Crippen molar-refractivity contribution in [3.05, 3.63) is 67.7 Å². The fraction of sp³-hybridized carbons (Fsp3) is 0.0714. The maximum atomic E-state index is 11.8. The standard InChI is InChI=1S/C14H10BrIO2/c15-12-6-4-10(5-7-12)9-18-14(17)11-2-1-3-13(16)8-11/h1-8H,9H2. The van der Waals surface area contributed by atoms with Crippen LogP contribution in [0, 0.1) is 3.57 Å². The Hall–Kier alpha value is -0.880. The molecule has 0 aliphatic rings. The van der Waals surface area contributed by atoms with E-state index in [0.717, 1.165) is 13.6 Å². The summed E-state index contributed by atoms with van der Waals surface area (Å²) in [6.07, 6.45) is 0. The number of carbonyl (C=O) groups excluding carboxylic acids is 1. The number of hydrogen-bond acceptors (Lipinski definition) is 2. The first kappa shape index (κ1) is 13.5. The predicted octanol–water partition coefficient (Wildman–Crippen LogP) is 4.41. The van der Waals surface area contributed by atoms with Crippen LogP contribution in [0.4, 0.5) is 0 Å². The lowest BCUT2D eigenvalue weighted by atomic mass is 10.2. The number of carbonyl (C=O) groups is 1. The van der Waals surface area contributed by atoms with Gasteiger partial charge in [0.2, 0.25) is 0 Å². The van der Waals surface area contributed by atoms with Crippen molar-refractivity contribution < 1.29 is 9.53 Å². The molecule has 0 aliphatic heterocycles. The van der Waals surface area contributed by atoms with E-state index in [-0.39, 0.29) is 12.6 Å². The van der Waals surface area contributed by atoms with E-state index in [4.69, 9.17) is 4.74 Å². The molecule has 18 heavy (non-hydrogen) atoms. The summed E-state index contributed by atoms with van der Waals surface area (Å²) in [5.74, 6) is -0.295. The zero-order valence-electron chi connectivity index (χ0n) is 9.40. The Balaban J connectivity index is 1.98. The quantitative estimate of drug-likeness (QED) is 0.547. The minimum Gasteiger partial charge on any atom is -0.457 e. The first-order valence-electron chi connectivity index (χ1n) is 5.32. The molecule has 0 aliphatic carbocycles. The van der Waals surface area contributed by atoms with Gasteiger partial charge in [0, 0.05) is 8.04 Å². The Morgan fingerprint density at radius 3 is 2.56 bits per heavy atom. The summed E-state index contributed by atoms with van der Waals surface area (Å²) < 4.78 is 7.28. The van der Waals surface area contributed by atoms with Gasteiger partial charge in [0.1, 0.15) is 6.61 Å². The second-order valence-electron chi connectivity index (χ2n) is 3.71. The number of benzene rings is 2.